The first-order chi connectivity index (χ1) is 11.9. The van der Waals surface area contributed by atoms with Gasteiger partial charge in [0, 0.05) is 5.69 Å². The van der Waals surface area contributed by atoms with E-state index in [2.05, 4.69) is 5.32 Å². The van der Waals surface area contributed by atoms with E-state index in [9.17, 15) is 24.3 Å². The second kappa shape index (κ2) is 6.20. The summed E-state index contributed by atoms with van der Waals surface area (Å²) in [5.74, 6) is -2.92. The number of carbonyl (C=O) groups is 4. The van der Waals surface area contributed by atoms with Crippen LogP contribution in [0.15, 0.2) is 48.5 Å². The van der Waals surface area contributed by atoms with E-state index < -0.39 is 29.7 Å². The minimum absolute atomic E-state index is 0.0219. The maximum absolute atomic E-state index is 12.4. The first-order valence-corrected chi connectivity index (χ1v) is 7.49. The normalized spacial score (nSPS) is 14.2. The van der Waals surface area contributed by atoms with Crippen LogP contribution in [-0.4, -0.2) is 34.6 Å². The van der Waals surface area contributed by atoms with Gasteiger partial charge in [-0.2, -0.15) is 0 Å². The van der Waals surface area contributed by atoms with Crippen molar-refractivity contribution >= 4 is 29.4 Å². The molecule has 25 heavy (non-hydrogen) atoms. The van der Waals surface area contributed by atoms with Crippen molar-refractivity contribution in [1.29, 1.82) is 0 Å². The Balaban J connectivity index is 1.76. The third kappa shape index (κ3) is 2.87. The number of hydrogen-bond acceptors (Lipinski definition) is 5. The molecule has 2 aromatic carbocycles. The minimum atomic E-state index is -1.32. The van der Waals surface area contributed by atoms with Gasteiger partial charge in [-0.05, 0) is 36.8 Å². The number of nitrogens with zero attached hydrogens (tertiary/aromatic N) is 1. The smallest absolute Gasteiger partial charge is 0.262 e. The Labute approximate surface area is 142 Å². The van der Waals surface area contributed by atoms with Crippen LogP contribution in [0.25, 0.3) is 0 Å². The van der Waals surface area contributed by atoms with Gasteiger partial charge in [0.1, 0.15) is 6.04 Å². The summed E-state index contributed by atoms with van der Waals surface area (Å²) in [6.45, 7) is 1.45. The molecule has 1 aliphatic rings. The first-order valence-electron chi connectivity index (χ1n) is 7.49. The van der Waals surface area contributed by atoms with Gasteiger partial charge in [-0.3, -0.25) is 19.3 Å². The molecule has 2 aromatic rings. The van der Waals surface area contributed by atoms with Crippen molar-refractivity contribution in [2.75, 3.05) is 5.32 Å². The van der Waals surface area contributed by atoms with Crippen molar-refractivity contribution in [3.63, 3.8) is 0 Å². The van der Waals surface area contributed by atoms with E-state index in [1.807, 2.05) is 0 Å². The van der Waals surface area contributed by atoms with Crippen molar-refractivity contribution in [1.82, 2.24) is 4.90 Å². The number of nitrogens with one attached hydrogen (secondary N) is 1. The average molecular weight is 337 g/mol. The van der Waals surface area contributed by atoms with Crippen molar-refractivity contribution < 1.29 is 24.3 Å². The topological polar surface area (TPSA) is 107 Å². The molecule has 126 valence electrons. The van der Waals surface area contributed by atoms with Crippen molar-refractivity contribution in [3.8, 4) is 0 Å². The first kappa shape index (κ1) is 16.4. The Morgan fingerprint density at radius 2 is 1.48 bits per heavy atom. The van der Waals surface area contributed by atoms with Crippen LogP contribution in [-0.2, 0) is 4.79 Å². The van der Waals surface area contributed by atoms with Crippen LogP contribution in [0.2, 0.25) is 0 Å². The molecule has 3 amide bonds. The quantitative estimate of drug-likeness (QED) is 0.826. The molecule has 0 aromatic heterocycles. The number of fused-ring (bicyclic) bond motifs is 1. The zero-order valence-corrected chi connectivity index (χ0v) is 13.2. The second-order valence-corrected chi connectivity index (χ2v) is 5.56. The van der Waals surface area contributed by atoms with Crippen molar-refractivity contribution in [2.24, 2.45) is 0 Å². The molecule has 1 aliphatic heterocycles. The Morgan fingerprint density at radius 1 is 0.960 bits per heavy atom. The van der Waals surface area contributed by atoms with Crippen LogP contribution < -0.4 is 10.4 Å². The van der Waals surface area contributed by atoms with Gasteiger partial charge < -0.3 is 15.2 Å². The Hall–Kier alpha value is -3.48. The van der Waals surface area contributed by atoms with Gasteiger partial charge in [-0.1, -0.05) is 24.3 Å². The molecule has 1 atom stereocenters. The van der Waals surface area contributed by atoms with Crippen molar-refractivity contribution in [3.05, 3.63) is 65.2 Å². The number of amides is 3. The number of aromatic carboxylic acids is 1. The summed E-state index contributed by atoms with van der Waals surface area (Å²) in [6.07, 6.45) is 0. The van der Waals surface area contributed by atoms with E-state index in [1.54, 1.807) is 24.3 Å². The summed E-state index contributed by atoms with van der Waals surface area (Å²) in [7, 11) is 0. The monoisotopic (exact) mass is 337 g/mol. The van der Waals surface area contributed by atoms with E-state index in [-0.39, 0.29) is 16.7 Å². The van der Waals surface area contributed by atoms with Gasteiger partial charge in [-0.25, -0.2) is 0 Å². The Bertz CT molecular complexity index is 854. The zero-order valence-electron chi connectivity index (χ0n) is 13.2. The number of carboxylic acids is 1. The predicted molar refractivity (Wildman–Crippen MR) is 85.8 cm³/mol. The Kier molecular flexibility index (Phi) is 4.06. The highest BCUT2D eigenvalue weighted by Gasteiger charge is 2.40. The standard InChI is InChI=1S/C18H14N2O5/c1-10(15(21)19-12-8-6-11(7-9-12)18(24)25)20-16(22)13-4-2-3-5-14(13)17(20)23/h2-10H,1H3,(H,19,21)(H,24,25)/p-1. The van der Waals surface area contributed by atoms with Crippen LogP contribution in [0.3, 0.4) is 0 Å². The molecule has 0 radical (unpaired) electrons. The lowest BCUT2D eigenvalue weighted by molar-refractivity contribution is -0.255. The number of carbonyl (C=O) groups excluding carboxylic acids is 4. The molecule has 7 nitrogen and oxygen atoms in total. The second-order valence-electron chi connectivity index (χ2n) is 5.56. The maximum Gasteiger partial charge on any atom is 0.262 e. The third-order valence-electron chi connectivity index (χ3n) is 3.98. The number of imide groups is 1. The van der Waals surface area contributed by atoms with Gasteiger partial charge in [0.05, 0.1) is 17.1 Å². The van der Waals surface area contributed by atoms with Crippen LogP contribution in [0, 0.1) is 0 Å². The molecular formula is C18H13N2O5-. The van der Waals surface area contributed by atoms with E-state index in [4.69, 9.17) is 0 Å². The molecule has 0 bridgehead atoms. The maximum atomic E-state index is 12.4. The molecule has 0 fully saturated rings. The fraction of sp³-hybridized carbons (Fsp3) is 0.111. The van der Waals surface area contributed by atoms with Gasteiger partial charge in [0.2, 0.25) is 5.91 Å². The van der Waals surface area contributed by atoms with Crippen LogP contribution >= 0.6 is 0 Å². The molecule has 0 saturated heterocycles. The van der Waals surface area contributed by atoms with Crippen LogP contribution in [0.1, 0.15) is 38.0 Å². The molecule has 1 N–H and O–H groups in total. The molecule has 3 rings (SSSR count). The van der Waals surface area contributed by atoms with E-state index in [0.717, 1.165) is 4.90 Å². The average Bonchev–Trinajstić information content (AvgIpc) is 2.86. The fourth-order valence-electron chi connectivity index (χ4n) is 2.61. The van der Waals surface area contributed by atoms with Crippen LogP contribution in [0.4, 0.5) is 5.69 Å². The number of hydrogen-bond donors (Lipinski definition) is 1. The van der Waals surface area contributed by atoms with E-state index in [0.29, 0.717) is 5.69 Å². The summed E-state index contributed by atoms with van der Waals surface area (Å²) in [6, 6.07) is 10.7. The fourth-order valence-corrected chi connectivity index (χ4v) is 2.61. The molecule has 1 unspecified atom stereocenters. The lowest BCUT2D eigenvalue weighted by Gasteiger charge is -2.21. The van der Waals surface area contributed by atoms with Crippen LogP contribution in [0.5, 0.6) is 0 Å². The summed E-state index contributed by atoms with van der Waals surface area (Å²) >= 11 is 0. The van der Waals surface area contributed by atoms with Gasteiger partial charge >= 0.3 is 0 Å². The third-order valence-corrected chi connectivity index (χ3v) is 3.98. The van der Waals surface area contributed by atoms with Crippen molar-refractivity contribution in [2.45, 2.75) is 13.0 Å². The van der Waals surface area contributed by atoms with Gasteiger partial charge in [0.25, 0.3) is 11.8 Å². The molecular weight excluding hydrogens is 324 g/mol. The summed E-state index contributed by atoms with van der Waals surface area (Å²) < 4.78 is 0. The number of benzene rings is 2. The summed E-state index contributed by atoms with van der Waals surface area (Å²) in [4.78, 5) is 48.8. The van der Waals surface area contributed by atoms with E-state index in [1.165, 1.54) is 31.2 Å². The lowest BCUT2D eigenvalue weighted by Crippen LogP contribution is -2.45. The number of anilines is 1. The van der Waals surface area contributed by atoms with Gasteiger partial charge in [-0.15, -0.1) is 0 Å². The molecule has 7 heteroatoms. The zero-order chi connectivity index (χ0) is 18.1. The Morgan fingerprint density at radius 3 is 1.96 bits per heavy atom. The molecule has 0 spiro atoms. The lowest BCUT2D eigenvalue weighted by atomic mass is 10.1. The predicted octanol–water partition coefficient (Wildman–Crippen LogP) is 0.673. The highest BCUT2D eigenvalue weighted by Crippen LogP contribution is 2.25. The highest BCUT2D eigenvalue weighted by atomic mass is 16.4. The summed E-state index contributed by atoms with van der Waals surface area (Å²) in [5, 5.41) is 13.3. The minimum Gasteiger partial charge on any atom is -0.545 e. The van der Waals surface area contributed by atoms with Gasteiger partial charge in [0.15, 0.2) is 0 Å². The number of carboxylic acid groups (broad SMARTS) is 1. The largest absolute Gasteiger partial charge is 0.545 e. The number of rotatable bonds is 4. The summed E-state index contributed by atoms with van der Waals surface area (Å²) in [5.41, 5.74) is 0.862. The van der Waals surface area contributed by atoms with E-state index >= 15 is 0 Å². The molecule has 1 heterocycles. The highest BCUT2D eigenvalue weighted by molar-refractivity contribution is 6.23. The molecule has 0 saturated carbocycles. The SMILES string of the molecule is CC(C(=O)Nc1ccc(C(=O)[O-])cc1)N1C(=O)c2ccccc2C1=O. The molecule has 0 aliphatic carbocycles.